The predicted octanol–water partition coefficient (Wildman–Crippen LogP) is 3.34. The van der Waals surface area contributed by atoms with Crippen molar-refractivity contribution in [2.75, 3.05) is 19.1 Å². The van der Waals surface area contributed by atoms with E-state index in [4.69, 9.17) is 20.9 Å². The van der Waals surface area contributed by atoms with Gasteiger partial charge in [-0.25, -0.2) is 4.98 Å². The molecule has 0 bridgehead atoms. The Bertz CT molecular complexity index is 1020. The Morgan fingerprint density at radius 1 is 1.37 bits per heavy atom. The van der Waals surface area contributed by atoms with Gasteiger partial charge in [-0.3, -0.25) is 9.69 Å². The summed E-state index contributed by atoms with van der Waals surface area (Å²) in [6, 6.07) is 9.22. The Morgan fingerprint density at radius 3 is 2.70 bits per heavy atom. The van der Waals surface area contributed by atoms with Crippen LogP contribution in [0.1, 0.15) is 48.0 Å². The van der Waals surface area contributed by atoms with Crippen LogP contribution in [-0.2, 0) is 13.1 Å². The first-order valence-corrected chi connectivity index (χ1v) is 9.97. The zero-order valence-electron chi connectivity index (χ0n) is 18.2. The van der Waals surface area contributed by atoms with Crippen molar-refractivity contribution in [1.82, 2.24) is 10.3 Å². The predicted molar refractivity (Wildman–Crippen MR) is 120 cm³/mol. The molecule has 1 aliphatic heterocycles. The van der Waals surface area contributed by atoms with Gasteiger partial charge in [0.2, 0.25) is 0 Å². The average Bonchev–Trinajstić information content (AvgIpc) is 3.05. The van der Waals surface area contributed by atoms with Gasteiger partial charge in [-0.2, -0.15) is 0 Å². The maximum atomic E-state index is 13.2. The SMILES string of the molecule is CNCc1cc(OC)cc2c1CN(c1cccc(C(C(=N)C(C)C)=C(C)N)n1)C2=O. The second kappa shape index (κ2) is 8.67. The molecule has 7 nitrogen and oxygen atoms in total. The Balaban J connectivity index is 2.03. The van der Waals surface area contributed by atoms with Crippen LogP contribution in [0, 0.1) is 11.3 Å². The number of methoxy groups -OCH3 is 1. The van der Waals surface area contributed by atoms with Crippen molar-refractivity contribution in [3.63, 3.8) is 0 Å². The van der Waals surface area contributed by atoms with Crippen LogP contribution in [-0.4, -0.2) is 30.8 Å². The maximum absolute atomic E-state index is 13.2. The summed E-state index contributed by atoms with van der Waals surface area (Å²) in [4.78, 5) is 19.6. The third-order valence-electron chi connectivity index (χ3n) is 5.22. The van der Waals surface area contributed by atoms with Crippen LogP contribution in [0.3, 0.4) is 0 Å². The van der Waals surface area contributed by atoms with E-state index in [1.807, 2.05) is 45.2 Å². The molecule has 0 spiro atoms. The van der Waals surface area contributed by atoms with E-state index in [0.29, 0.717) is 52.9 Å². The fourth-order valence-corrected chi connectivity index (χ4v) is 3.66. The standard InChI is InChI=1S/C23H29N5O2/c1-13(2)22(25)21(14(3)24)19-7-6-8-20(27-19)28-12-18-15(11-26-4)9-16(30-5)10-17(18)23(28)29/h6-10,13,25-26H,11-12,24H2,1-5H3. The topological polar surface area (TPSA) is 104 Å². The molecule has 1 aromatic heterocycles. The Labute approximate surface area is 177 Å². The first kappa shape index (κ1) is 21.5. The number of carbonyl (C=O) groups excluding carboxylic acids is 1. The Kier molecular flexibility index (Phi) is 6.22. The number of anilines is 1. The minimum atomic E-state index is -0.111. The molecule has 158 valence electrons. The number of hydrogen-bond donors (Lipinski definition) is 3. The molecule has 0 saturated carbocycles. The second-order valence-corrected chi connectivity index (χ2v) is 7.74. The lowest BCUT2D eigenvalue weighted by atomic mass is 9.95. The summed E-state index contributed by atoms with van der Waals surface area (Å²) in [6.07, 6.45) is 0. The van der Waals surface area contributed by atoms with Gasteiger partial charge in [0.15, 0.2) is 0 Å². The summed E-state index contributed by atoms with van der Waals surface area (Å²) in [6.45, 7) is 6.75. The quantitative estimate of drug-likeness (QED) is 0.611. The van der Waals surface area contributed by atoms with Crippen molar-refractivity contribution in [2.45, 2.75) is 33.9 Å². The van der Waals surface area contributed by atoms with E-state index >= 15 is 0 Å². The minimum absolute atomic E-state index is 0.0122. The summed E-state index contributed by atoms with van der Waals surface area (Å²) in [5.41, 5.74) is 10.9. The Morgan fingerprint density at radius 2 is 2.10 bits per heavy atom. The molecule has 7 heteroatoms. The van der Waals surface area contributed by atoms with Crippen molar-refractivity contribution in [3.05, 3.63) is 58.4 Å². The van der Waals surface area contributed by atoms with Crippen LogP contribution in [0.25, 0.3) is 5.57 Å². The summed E-state index contributed by atoms with van der Waals surface area (Å²) < 4.78 is 5.38. The highest BCUT2D eigenvalue weighted by atomic mass is 16.5. The number of fused-ring (bicyclic) bond motifs is 1. The van der Waals surface area contributed by atoms with Crippen LogP contribution in [0.2, 0.25) is 0 Å². The normalized spacial score (nSPS) is 14.1. The lowest BCUT2D eigenvalue weighted by molar-refractivity contribution is 0.0995. The van der Waals surface area contributed by atoms with Crippen LogP contribution < -0.4 is 20.7 Å². The highest BCUT2D eigenvalue weighted by molar-refractivity contribution is 6.23. The van der Waals surface area contributed by atoms with Gasteiger partial charge in [0.25, 0.3) is 5.91 Å². The molecule has 4 N–H and O–H groups in total. The molecule has 0 unspecified atom stereocenters. The molecule has 0 aliphatic carbocycles. The molecule has 1 amide bonds. The minimum Gasteiger partial charge on any atom is -0.497 e. The number of carbonyl (C=O) groups is 1. The number of aromatic nitrogens is 1. The van der Waals surface area contributed by atoms with Gasteiger partial charge in [-0.05, 0) is 55.3 Å². The molecule has 1 aliphatic rings. The number of ether oxygens (including phenoxy) is 1. The second-order valence-electron chi connectivity index (χ2n) is 7.74. The highest BCUT2D eigenvalue weighted by Crippen LogP contribution is 2.33. The molecule has 30 heavy (non-hydrogen) atoms. The van der Waals surface area contributed by atoms with Crippen molar-refractivity contribution < 1.29 is 9.53 Å². The van der Waals surface area contributed by atoms with Crippen LogP contribution >= 0.6 is 0 Å². The monoisotopic (exact) mass is 407 g/mol. The number of benzene rings is 1. The molecule has 0 fully saturated rings. The van der Waals surface area contributed by atoms with Gasteiger partial charge in [-0.1, -0.05) is 19.9 Å². The fraction of sp³-hybridized carbons (Fsp3) is 0.348. The van der Waals surface area contributed by atoms with E-state index in [1.54, 1.807) is 25.0 Å². The third-order valence-corrected chi connectivity index (χ3v) is 5.22. The lowest BCUT2D eigenvalue weighted by Crippen LogP contribution is -2.24. The molecule has 0 radical (unpaired) electrons. The van der Waals surface area contributed by atoms with Gasteiger partial charge < -0.3 is 21.2 Å². The maximum Gasteiger partial charge on any atom is 0.260 e. The number of hydrogen-bond acceptors (Lipinski definition) is 6. The number of rotatable bonds is 7. The zero-order chi connectivity index (χ0) is 22.0. The largest absolute Gasteiger partial charge is 0.497 e. The third kappa shape index (κ3) is 3.93. The van der Waals surface area contributed by atoms with Gasteiger partial charge in [-0.15, -0.1) is 0 Å². The summed E-state index contributed by atoms with van der Waals surface area (Å²) in [7, 11) is 3.47. The number of allylic oxidation sites excluding steroid dienone is 2. The van der Waals surface area contributed by atoms with Gasteiger partial charge >= 0.3 is 0 Å². The van der Waals surface area contributed by atoms with E-state index in [9.17, 15) is 4.79 Å². The van der Waals surface area contributed by atoms with Crippen molar-refractivity contribution in [2.24, 2.45) is 11.7 Å². The highest BCUT2D eigenvalue weighted by Gasteiger charge is 2.32. The number of nitrogens with two attached hydrogens (primary N) is 1. The van der Waals surface area contributed by atoms with Gasteiger partial charge in [0.05, 0.1) is 19.3 Å². The number of nitrogens with one attached hydrogen (secondary N) is 2. The van der Waals surface area contributed by atoms with Crippen molar-refractivity contribution in [3.8, 4) is 5.75 Å². The molecule has 2 aromatic rings. The molecule has 0 atom stereocenters. The molecule has 3 rings (SSSR count). The van der Waals surface area contributed by atoms with Crippen molar-refractivity contribution in [1.29, 1.82) is 5.41 Å². The molecular formula is C23H29N5O2. The molecule has 1 aromatic carbocycles. The van der Waals surface area contributed by atoms with Crippen LogP contribution in [0.15, 0.2) is 36.0 Å². The lowest BCUT2D eigenvalue weighted by Gasteiger charge is -2.18. The molecular weight excluding hydrogens is 378 g/mol. The smallest absolute Gasteiger partial charge is 0.260 e. The van der Waals surface area contributed by atoms with E-state index in [0.717, 1.165) is 11.1 Å². The fourth-order valence-electron chi connectivity index (χ4n) is 3.66. The number of nitrogens with zero attached hydrogens (tertiary/aromatic N) is 2. The number of pyridine rings is 1. The summed E-state index contributed by atoms with van der Waals surface area (Å²) >= 11 is 0. The van der Waals surface area contributed by atoms with Crippen LogP contribution in [0.4, 0.5) is 5.82 Å². The first-order chi connectivity index (χ1) is 14.3. The zero-order valence-corrected chi connectivity index (χ0v) is 18.2. The molecule has 2 heterocycles. The van der Waals surface area contributed by atoms with Crippen LogP contribution in [0.5, 0.6) is 5.75 Å². The van der Waals surface area contributed by atoms with E-state index in [1.165, 1.54) is 0 Å². The van der Waals surface area contributed by atoms with Gasteiger partial charge in [0.1, 0.15) is 11.6 Å². The van der Waals surface area contributed by atoms with Gasteiger partial charge in [0, 0.05) is 29.1 Å². The van der Waals surface area contributed by atoms with E-state index in [2.05, 4.69) is 5.32 Å². The average molecular weight is 408 g/mol. The van der Waals surface area contributed by atoms with E-state index < -0.39 is 0 Å². The first-order valence-electron chi connectivity index (χ1n) is 9.97. The summed E-state index contributed by atoms with van der Waals surface area (Å²) in [5.74, 6) is 1.10. The molecule has 0 saturated heterocycles. The van der Waals surface area contributed by atoms with E-state index in [-0.39, 0.29) is 11.8 Å². The van der Waals surface area contributed by atoms with Crippen molar-refractivity contribution >= 4 is 23.0 Å². The number of amides is 1. The Hall–Kier alpha value is -3.19. The summed E-state index contributed by atoms with van der Waals surface area (Å²) in [5, 5.41) is 11.6.